The predicted molar refractivity (Wildman–Crippen MR) is 57.2 cm³/mol. The van der Waals surface area contributed by atoms with Crippen LogP contribution in [0.5, 0.6) is 0 Å². The van der Waals surface area contributed by atoms with Crippen molar-refractivity contribution in [2.24, 2.45) is 0 Å². The van der Waals surface area contributed by atoms with E-state index in [1.165, 1.54) is 0 Å². The van der Waals surface area contributed by atoms with E-state index in [1.54, 1.807) is 24.9 Å². The van der Waals surface area contributed by atoms with Crippen LogP contribution in [0.2, 0.25) is 0 Å². The van der Waals surface area contributed by atoms with Crippen molar-refractivity contribution >= 4 is 11.0 Å². The predicted octanol–water partition coefficient (Wildman–Crippen LogP) is 2.89. The van der Waals surface area contributed by atoms with Gasteiger partial charge in [0.05, 0.1) is 18.2 Å². The van der Waals surface area contributed by atoms with Crippen molar-refractivity contribution < 1.29 is 4.42 Å². The number of fused-ring (bicyclic) bond motifs is 1. The Morgan fingerprint density at radius 1 is 1.07 bits per heavy atom. The molecule has 0 N–H and O–H groups in total. The minimum Gasteiger partial charge on any atom is -0.464 e. The van der Waals surface area contributed by atoms with Gasteiger partial charge in [-0.05, 0) is 12.1 Å². The third-order valence-electron chi connectivity index (χ3n) is 2.32. The number of aromatic nitrogens is 2. The van der Waals surface area contributed by atoms with Gasteiger partial charge in [0.2, 0.25) is 0 Å². The van der Waals surface area contributed by atoms with Crippen molar-refractivity contribution in [3.63, 3.8) is 0 Å². The van der Waals surface area contributed by atoms with Crippen molar-refractivity contribution in [1.29, 1.82) is 0 Å². The van der Waals surface area contributed by atoms with Gasteiger partial charge in [-0.25, -0.2) is 0 Å². The van der Waals surface area contributed by atoms with E-state index in [0.717, 1.165) is 22.2 Å². The molecule has 3 nitrogen and oxygen atoms in total. The summed E-state index contributed by atoms with van der Waals surface area (Å²) in [6.07, 6.45) is 6.77. The highest BCUT2D eigenvalue weighted by Gasteiger charge is 2.01. The number of rotatable bonds is 1. The Morgan fingerprint density at radius 3 is 2.93 bits per heavy atom. The molecule has 0 spiro atoms. The molecule has 0 atom stereocenters. The SMILES string of the molecule is c1cnc(-c2ccc3ccoc3c2)cn1. The topological polar surface area (TPSA) is 38.9 Å². The van der Waals surface area contributed by atoms with Gasteiger partial charge < -0.3 is 4.42 Å². The summed E-state index contributed by atoms with van der Waals surface area (Å²) in [5, 5.41) is 1.10. The summed E-state index contributed by atoms with van der Waals surface area (Å²) in [4.78, 5) is 8.27. The highest BCUT2D eigenvalue weighted by atomic mass is 16.3. The summed E-state index contributed by atoms with van der Waals surface area (Å²) in [5.41, 5.74) is 2.75. The fourth-order valence-electron chi connectivity index (χ4n) is 1.56. The molecular weight excluding hydrogens is 188 g/mol. The Morgan fingerprint density at radius 2 is 2.07 bits per heavy atom. The quantitative estimate of drug-likeness (QED) is 0.600. The van der Waals surface area contributed by atoms with E-state index in [-0.39, 0.29) is 0 Å². The van der Waals surface area contributed by atoms with Gasteiger partial charge in [0.25, 0.3) is 0 Å². The Bertz CT molecular complexity index is 587. The summed E-state index contributed by atoms with van der Waals surface area (Å²) >= 11 is 0. The molecule has 72 valence electrons. The lowest BCUT2D eigenvalue weighted by Crippen LogP contribution is -1.83. The summed E-state index contributed by atoms with van der Waals surface area (Å²) in [6.45, 7) is 0. The van der Waals surface area contributed by atoms with Crippen molar-refractivity contribution in [3.8, 4) is 11.3 Å². The summed E-state index contributed by atoms with van der Waals surface area (Å²) in [7, 11) is 0. The minimum absolute atomic E-state index is 0.857. The summed E-state index contributed by atoms with van der Waals surface area (Å²) in [5.74, 6) is 0. The third kappa shape index (κ3) is 1.38. The zero-order chi connectivity index (χ0) is 10.1. The van der Waals surface area contributed by atoms with Crippen LogP contribution in [-0.2, 0) is 0 Å². The first-order valence-corrected chi connectivity index (χ1v) is 4.67. The molecule has 0 unspecified atom stereocenters. The van der Waals surface area contributed by atoms with Crippen LogP contribution in [0.25, 0.3) is 22.2 Å². The third-order valence-corrected chi connectivity index (χ3v) is 2.32. The molecule has 0 radical (unpaired) electrons. The molecule has 0 aliphatic rings. The minimum atomic E-state index is 0.857. The van der Waals surface area contributed by atoms with Crippen LogP contribution in [0.15, 0.2) is 53.5 Å². The molecule has 3 aromatic rings. The standard InChI is InChI=1S/C12H8N2O/c1-2-10(11-8-13-4-5-14-11)7-12-9(1)3-6-15-12/h1-8H. The number of nitrogens with zero attached hydrogens (tertiary/aromatic N) is 2. The molecule has 0 saturated carbocycles. The lowest BCUT2D eigenvalue weighted by molar-refractivity contribution is 0.616. The Balaban J connectivity index is 2.19. The van der Waals surface area contributed by atoms with Crippen LogP contribution in [-0.4, -0.2) is 9.97 Å². The second kappa shape index (κ2) is 3.20. The number of hydrogen-bond acceptors (Lipinski definition) is 3. The average Bonchev–Trinajstić information content (AvgIpc) is 2.77. The largest absolute Gasteiger partial charge is 0.464 e. The van der Waals surface area contributed by atoms with E-state index in [9.17, 15) is 0 Å². The van der Waals surface area contributed by atoms with Gasteiger partial charge in [-0.1, -0.05) is 12.1 Å². The molecule has 2 aromatic heterocycles. The van der Waals surface area contributed by atoms with E-state index < -0.39 is 0 Å². The first kappa shape index (κ1) is 8.17. The van der Waals surface area contributed by atoms with E-state index in [2.05, 4.69) is 9.97 Å². The first-order valence-electron chi connectivity index (χ1n) is 4.67. The van der Waals surface area contributed by atoms with Crippen LogP contribution >= 0.6 is 0 Å². The number of furan rings is 1. The number of hydrogen-bond donors (Lipinski definition) is 0. The molecule has 1 aromatic carbocycles. The molecule has 3 heteroatoms. The smallest absolute Gasteiger partial charge is 0.134 e. The van der Waals surface area contributed by atoms with Gasteiger partial charge in [0.15, 0.2) is 0 Å². The van der Waals surface area contributed by atoms with Gasteiger partial charge in [0, 0.05) is 23.3 Å². The van der Waals surface area contributed by atoms with Crippen LogP contribution in [0.3, 0.4) is 0 Å². The van der Waals surface area contributed by atoms with Crippen LogP contribution < -0.4 is 0 Å². The molecule has 0 aliphatic carbocycles. The molecule has 0 bridgehead atoms. The van der Waals surface area contributed by atoms with E-state index in [0.29, 0.717) is 0 Å². The highest BCUT2D eigenvalue weighted by Crippen LogP contribution is 2.22. The Kier molecular flexibility index (Phi) is 1.75. The maximum absolute atomic E-state index is 5.33. The monoisotopic (exact) mass is 196 g/mol. The molecule has 0 fully saturated rings. The second-order valence-corrected chi connectivity index (χ2v) is 3.26. The van der Waals surface area contributed by atoms with Gasteiger partial charge in [0.1, 0.15) is 5.58 Å². The first-order chi connectivity index (χ1) is 7.43. The van der Waals surface area contributed by atoms with Crippen LogP contribution in [0, 0.1) is 0 Å². The molecule has 2 heterocycles. The van der Waals surface area contributed by atoms with Crippen LogP contribution in [0.1, 0.15) is 0 Å². The lowest BCUT2D eigenvalue weighted by atomic mass is 10.1. The van der Waals surface area contributed by atoms with E-state index in [4.69, 9.17) is 4.42 Å². The average molecular weight is 196 g/mol. The molecule has 0 saturated heterocycles. The van der Waals surface area contributed by atoms with Crippen LogP contribution in [0.4, 0.5) is 0 Å². The lowest BCUT2D eigenvalue weighted by Gasteiger charge is -1.98. The zero-order valence-corrected chi connectivity index (χ0v) is 7.92. The molecule has 0 amide bonds. The van der Waals surface area contributed by atoms with E-state index in [1.807, 2.05) is 24.3 Å². The van der Waals surface area contributed by atoms with Gasteiger partial charge in [-0.15, -0.1) is 0 Å². The Hall–Kier alpha value is -2.16. The molecule has 15 heavy (non-hydrogen) atoms. The second-order valence-electron chi connectivity index (χ2n) is 3.26. The fraction of sp³-hybridized carbons (Fsp3) is 0. The van der Waals surface area contributed by atoms with Crippen molar-refractivity contribution in [2.75, 3.05) is 0 Å². The summed E-state index contributed by atoms with van der Waals surface area (Å²) in [6, 6.07) is 7.94. The normalized spacial score (nSPS) is 10.7. The van der Waals surface area contributed by atoms with Gasteiger partial charge >= 0.3 is 0 Å². The molecule has 3 rings (SSSR count). The van der Waals surface area contributed by atoms with Crippen molar-refractivity contribution in [2.45, 2.75) is 0 Å². The summed E-state index contributed by atoms with van der Waals surface area (Å²) < 4.78 is 5.33. The fourth-order valence-corrected chi connectivity index (χ4v) is 1.56. The van der Waals surface area contributed by atoms with Gasteiger partial charge in [-0.3, -0.25) is 9.97 Å². The zero-order valence-electron chi connectivity index (χ0n) is 7.92. The van der Waals surface area contributed by atoms with E-state index >= 15 is 0 Å². The maximum atomic E-state index is 5.33. The molecule has 0 aliphatic heterocycles. The maximum Gasteiger partial charge on any atom is 0.134 e. The highest BCUT2D eigenvalue weighted by molar-refractivity contribution is 5.82. The van der Waals surface area contributed by atoms with Gasteiger partial charge in [-0.2, -0.15) is 0 Å². The van der Waals surface area contributed by atoms with Crippen molar-refractivity contribution in [3.05, 3.63) is 49.1 Å². The molecular formula is C12H8N2O. The number of benzene rings is 1. The Labute approximate surface area is 86.4 Å². The van der Waals surface area contributed by atoms with Crippen molar-refractivity contribution in [1.82, 2.24) is 9.97 Å².